The smallest absolute Gasteiger partial charge is 0.187 e. The zero-order valence-electron chi connectivity index (χ0n) is 10.1. The van der Waals surface area contributed by atoms with Crippen LogP contribution in [0.1, 0.15) is 21.9 Å². The van der Waals surface area contributed by atoms with Crippen LogP contribution in [-0.4, -0.2) is 16.0 Å². The highest BCUT2D eigenvalue weighted by Gasteiger charge is 2.13. The largest absolute Gasteiger partial charge is 0.508 e. The summed E-state index contributed by atoms with van der Waals surface area (Å²) in [5.41, 5.74) is 0.0266. The number of allylic oxidation sites excluding steroid dienone is 1. The Bertz CT molecular complexity index is 655. The highest BCUT2D eigenvalue weighted by atomic mass is 35.5. The molecule has 4 nitrogen and oxygen atoms in total. The van der Waals surface area contributed by atoms with E-state index in [-0.39, 0.29) is 22.1 Å². The molecule has 1 aromatic carbocycles. The van der Waals surface area contributed by atoms with Crippen molar-refractivity contribution in [3.05, 3.63) is 52.4 Å². The minimum absolute atomic E-state index is 0.0266. The number of aromatic hydroxyl groups is 2. The molecule has 0 bridgehead atoms. The fourth-order valence-electron chi connectivity index (χ4n) is 1.56. The third kappa shape index (κ3) is 2.98. The minimum Gasteiger partial charge on any atom is -0.508 e. The van der Waals surface area contributed by atoms with Crippen LogP contribution in [0.3, 0.4) is 0 Å². The molecule has 2 rings (SSSR count). The number of halogens is 1. The zero-order chi connectivity index (χ0) is 14.0. The molecule has 0 radical (unpaired) electrons. The van der Waals surface area contributed by atoms with E-state index in [2.05, 4.69) is 0 Å². The molecule has 0 aliphatic rings. The van der Waals surface area contributed by atoms with Gasteiger partial charge in [-0.1, -0.05) is 11.6 Å². The summed E-state index contributed by atoms with van der Waals surface area (Å²) in [5, 5.41) is 18.7. The Labute approximate surface area is 114 Å². The normalized spacial score (nSPS) is 11.1. The summed E-state index contributed by atoms with van der Waals surface area (Å²) >= 11 is 5.81. The summed E-state index contributed by atoms with van der Waals surface area (Å²) in [5.74, 6) is 0.261. The second-order valence-electron chi connectivity index (χ2n) is 3.97. The topological polar surface area (TPSA) is 70.7 Å². The summed E-state index contributed by atoms with van der Waals surface area (Å²) in [4.78, 5) is 11.9. The van der Waals surface area contributed by atoms with Crippen molar-refractivity contribution < 1.29 is 19.4 Å². The number of benzene rings is 1. The van der Waals surface area contributed by atoms with Gasteiger partial charge in [0.25, 0.3) is 0 Å². The molecule has 2 N–H and O–H groups in total. The van der Waals surface area contributed by atoms with Crippen molar-refractivity contribution in [3.63, 3.8) is 0 Å². The standard InChI is InChI=1S/C14H11ClO4/c1-8-2-3-10(19-8)4-5-12(17)11-6-9(16)7-13(18)14(11)15/h2-7,16,18H,1H3/b5-4+. The maximum Gasteiger partial charge on any atom is 0.187 e. The number of aryl methyl sites for hydroxylation is 1. The number of furan rings is 1. The highest BCUT2D eigenvalue weighted by Crippen LogP contribution is 2.32. The molecule has 19 heavy (non-hydrogen) atoms. The second kappa shape index (κ2) is 5.20. The van der Waals surface area contributed by atoms with Gasteiger partial charge in [0.2, 0.25) is 0 Å². The molecule has 1 heterocycles. The number of carbonyl (C=O) groups is 1. The van der Waals surface area contributed by atoms with Crippen molar-refractivity contribution in [2.45, 2.75) is 6.92 Å². The van der Waals surface area contributed by atoms with Crippen LogP contribution in [0, 0.1) is 6.92 Å². The highest BCUT2D eigenvalue weighted by molar-refractivity contribution is 6.36. The first-order chi connectivity index (χ1) is 8.97. The summed E-state index contributed by atoms with van der Waals surface area (Å²) in [6.07, 6.45) is 2.76. The molecule has 0 amide bonds. The number of rotatable bonds is 3. The summed E-state index contributed by atoms with van der Waals surface area (Å²) in [6, 6.07) is 5.76. The maximum atomic E-state index is 11.9. The molecule has 0 saturated carbocycles. The van der Waals surface area contributed by atoms with Gasteiger partial charge in [-0.25, -0.2) is 0 Å². The van der Waals surface area contributed by atoms with E-state index in [4.69, 9.17) is 16.0 Å². The van der Waals surface area contributed by atoms with E-state index in [9.17, 15) is 15.0 Å². The lowest BCUT2D eigenvalue weighted by atomic mass is 10.1. The number of ketones is 1. The van der Waals surface area contributed by atoms with Gasteiger partial charge in [0.1, 0.15) is 23.0 Å². The molecule has 5 heteroatoms. The summed E-state index contributed by atoms with van der Waals surface area (Å²) in [7, 11) is 0. The molecular weight excluding hydrogens is 268 g/mol. The molecule has 1 aromatic heterocycles. The quantitative estimate of drug-likeness (QED) is 0.665. The van der Waals surface area contributed by atoms with E-state index >= 15 is 0 Å². The lowest BCUT2D eigenvalue weighted by molar-refractivity contribution is 0.104. The molecule has 0 unspecified atom stereocenters. The first kappa shape index (κ1) is 13.2. The Balaban J connectivity index is 2.28. The van der Waals surface area contributed by atoms with Crippen molar-refractivity contribution >= 4 is 23.5 Å². The number of carbonyl (C=O) groups excluding carboxylic acids is 1. The molecule has 0 spiro atoms. The molecule has 0 aliphatic heterocycles. The van der Waals surface area contributed by atoms with Crippen LogP contribution in [0.2, 0.25) is 5.02 Å². The summed E-state index contributed by atoms with van der Waals surface area (Å²) in [6.45, 7) is 1.79. The fourth-order valence-corrected chi connectivity index (χ4v) is 1.77. The van der Waals surface area contributed by atoms with E-state index in [1.807, 2.05) is 0 Å². The predicted molar refractivity (Wildman–Crippen MR) is 71.6 cm³/mol. The second-order valence-corrected chi connectivity index (χ2v) is 4.35. The first-order valence-electron chi connectivity index (χ1n) is 5.47. The summed E-state index contributed by atoms with van der Waals surface area (Å²) < 4.78 is 5.28. The van der Waals surface area contributed by atoms with Crippen LogP contribution < -0.4 is 0 Å². The number of phenolic OH excluding ortho intramolecular Hbond substituents is 2. The van der Waals surface area contributed by atoms with Gasteiger partial charge in [-0.2, -0.15) is 0 Å². The van der Waals surface area contributed by atoms with E-state index in [1.54, 1.807) is 19.1 Å². The van der Waals surface area contributed by atoms with Crippen molar-refractivity contribution in [2.75, 3.05) is 0 Å². The number of hydrogen-bond acceptors (Lipinski definition) is 4. The number of phenols is 2. The van der Waals surface area contributed by atoms with Gasteiger partial charge in [0, 0.05) is 11.6 Å². The van der Waals surface area contributed by atoms with Crippen molar-refractivity contribution in [3.8, 4) is 11.5 Å². The van der Waals surface area contributed by atoms with Gasteiger partial charge in [-0.15, -0.1) is 0 Å². The third-order valence-corrected chi connectivity index (χ3v) is 2.86. The van der Waals surface area contributed by atoms with E-state index in [0.29, 0.717) is 5.76 Å². The molecule has 0 aliphatic carbocycles. The Morgan fingerprint density at radius 1 is 1.32 bits per heavy atom. The number of hydrogen-bond donors (Lipinski definition) is 2. The van der Waals surface area contributed by atoms with Crippen molar-refractivity contribution in [1.29, 1.82) is 0 Å². The first-order valence-corrected chi connectivity index (χ1v) is 5.85. The molecular formula is C14H11ClO4. The average molecular weight is 279 g/mol. The zero-order valence-corrected chi connectivity index (χ0v) is 10.8. The van der Waals surface area contributed by atoms with Gasteiger partial charge in [-0.05, 0) is 37.3 Å². The molecule has 0 fully saturated rings. The van der Waals surface area contributed by atoms with Gasteiger partial charge in [-0.3, -0.25) is 4.79 Å². The SMILES string of the molecule is Cc1ccc(/C=C/C(=O)c2cc(O)cc(O)c2Cl)o1. The van der Waals surface area contributed by atoms with Crippen LogP contribution in [0.4, 0.5) is 0 Å². The Morgan fingerprint density at radius 3 is 2.68 bits per heavy atom. The maximum absolute atomic E-state index is 11.9. The van der Waals surface area contributed by atoms with Crippen molar-refractivity contribution in [2.24, 2.45) is 0 Å². The molecule has 0 atom stereocenters. The average Bonchev–Trinajstić information content (AvgIpc) is 2.76. The van der Waals surface area contributed by atoms with E-state index < -0.39 is 5.78 Å². The molecule has 0 saturated heterocycles. The minimum atomic E-state index is -0.440. The van der Waals surface area contributed by atoms with E-state index in [0.717, 1.165) is 11.8 Å². The van der Waals surface area contributed by atoms with Gasteiger partial charge in [0.05, 0.1) is 5.02 Å². The van der Waals surface area contributed by atoms with Gasteiger partial charge >= 0.3 is 0 Å². The van der Waals surface area contributed by atoms with Crippen LogP contribution in [-0.2, 0) is 0 Å². The molecule has 98 valence electrons. The molecule has 2 aromatic rings. The predicted octanol–water partition coefficient (Wildman–Crippen LogP) is 3.55. The Hall–Kier alpha value is -2.20. The monoisotopic (exact) mass is 278 g/mol. The van der Waals surface area contributed by atoms with Crippen LogP contribution >= 0.6 is 11.6 Å². The van der Waals surface area contributed by atoms with Gasteiger partial charge < -0.3 is 14.6 Å². The van der Waals surface area contributed by atoms with Crippen LogP contribution in [0.5, 0.6) is 11.5 Å². The van der Waals surface area contributed by atoms with Crippen molar-refractivity contribution in [1.82, 2.24) is 0 Å². The Kier molecular flexibility index (Phi) is 3.62. The van der Waals surface area contributed by atoms with Crippen LogP contribution in [0.25, 0.3) is 6.08 Å². The Morgan fingerprint density at radius 2 is 2.05 bits per heavy atom. The lowest BCUT2D eigenvalue weighted by Gasteiger charge is -2.03. The van der Waals surface area contributed by atoms with E-state index in [1.165, 1.54) is 18.2 Å². The van der Waals surface area contributed by atoms with Crippen LogP contribution in [0.15, 0.2) is 34.8 Å². The lowest BCUT2D eigenvalue weighted by Crippen LogP contribution is -1.95. The fraction of sp³-hybridized carbons (Fsp3) is 0.0714. The third-order valence-electron chi connectivity index (χ3n) is 2.46. The van der Waals surface area contributed by atoms with Gasteiger partial charge in [0.15, 0.2) is 5.78 Å².